The maximum absolute atomic E-state index is 14.1. The van der Waals surface area contributed by atoms with Crippen molar-refractivity contribution in [2.75, 3.05) is 5.75 Å². The molecule has 1 atom stereocenters. The maximum atomic E-state index is 14.1. The molecule has 0 spiro atoms. The van der Waals surface area contributed by atoms with Gasteiger partial charge in [-0.25, -0.2) is 17.5 Å². The fraction of sp³-hybridized carbons (Fsp3) is 0.200. The molecule has 0 saturated carbocycles. The molecule has 0 radical (unpaired) electrons. The molecule has 0 bridgehead atoms. The number of halogens is 1. The van der Waals surface area contributed by atoms with E-state index in [1.165, 1.54) is 49.0 Å². The maximum Gasteiger partial charge on any atom is 0.251 e. The van der Waals surface area contributed by atoms with E-state index in [1.807, 2.05) is 6.07 Å². The van der Waals surface area contributed by atoms with Crippen molar-refractivity contribution in [2.24, 2.45) is 0 Å². The van der Waals surface area contributed by atoms with E-state index in [9.17, 15) is 22.4 Å². The molecule has 9 heteroatoms. The summed E-state index contributed by atoms with van der Waals surface area (Å²) in [6.07, 6.45) is 0.708. The van der Waals surface area contributed by atoms with Crippen molar-refractivity contribution in [3.8, 4) is 0 Å². The Morgan fingerprint density at radius 3 is 2.35 bits per heavy atom. The van der Waals surface area contributed by atoms with Crippen molar-refractivity contribution >= 4 is 33.5 Å². The lowest BCUT2D eigenvalue weighted by Crippen LogP contribution is -2.31. The van der Waals surface area contributed by atoms with Gasteiger partial charge in [0, 0.05) is 28.3 Å². The SMILES string of the molecule is CC(=O)c1ccc(S(=O)(=O)NCc2ccc(C(=O)NC3CCSc4c(F)cccc43)cc2)cc1. The summed E-state index contributed by atoms with van der Waals surface area (Å²) in [7, 11) is -3.75. The van der Waals surface area contributed by atoms with Gasteiger partial charge in [0.05, 0.1) is 10.9 Å². The minimum Gasteiger partial charge on any atom is -0.345 e. The number of nitrogens with one attached hydrogen (secondary N) is 2. The van der Waals surface area contributed by atoms with Gasteiger partial charge in [0.2, 0.25) is 10.0 Å². The second-order valence-electron chi connectivity index (χ2n) is 7.92. The molecule has 1 heterocycles. The second kappa shape index (κ2) is 10.1. The van der Waals surface area contributed by atoms with Crippen LogP contribution in [0.4, 0.5) is 4.39 Å². The summed E-state index contributed by atoms with van der Waals surface area (Å²) in [4.78, 5) is 24.8. The summed E-state index contributed by atoms with van der Waals surface area (Å²) in [6.45, 7) is 1.46. The van der Waals surface area contributed by atoms with Crippen LogP contribution in [0.25, 0.3) is 0 Å². The third-order valence-electron chi connectivity index (χ3n) is 5.58. The number of hydrogen-bond acceptors (Lipinski definition) is 5. The standard InChI is InChI=1S/C25H23FN2O4S2/c1-16(29)18-9-11-20(12-10-18)34(31,32)27-15-17-5-7-19(8-6-17)25(30)28-23-13-14-33-24-21(23)3-2-4-22(24)26/h2-12,23,27H,13-15H2,1H3,(H,28,30). The van der Waals surface area contributed by atoms with E-state index in [0.29, 0.717) is 28.0 Å². The molecule has 1 aliphatic heterocycles. The number of amides is 1. The first kappa shape index (κ1) is 24.1. The molecule has 176 valence electrons. The Labute approximate surface area is 202 Å². The van der Waals surface area contributed by atoms with Gasteiger partial charge < -0.3 is 5.32 Å². The number of rotatable bonds is 7. The molecular weight excluding hydrogens is 475 g/mol. The quantitative estimate of drug-likeness (QED) is 0.469. The minimum absolute atomic E-state index is 0.0468. The summed E-state index contributed by atoms with van der Waals surface area (Å²) in [6, 6.07) is 17.0. The summed E-state index contributed by atoms with van der Waals surface area (Å²) in [5.74, 6) is 0.0303. The predicted octanol–water partition coefficient (Wildman–Crippen LogP) is 4.47. The average Bonchev–Trinajstić information content (AvgIpc) is 2.84. The van der Waals surface area contributed by atoms with E-state index < -0.39 is 10.0 Å². The molecule has 0 aromatic heterocycles. The number of carbonyl (C=O) groups excluding carboxylic acids is 2. The zero-order chi connectivity index (χ0) is 24.3. The van der Waals surface area contributed by atoms with E-state index in [2.05, 4.69) is 10.0 Å². The highest BCUT2D eigenvalue weighted by molar-refractivity contribution is 7.99. The van der Waals surface area contributed by atoms with Crippen molar-refractivity contribution in [3.63, 3.8) is 0 Å². The van der Waals surface area contributed by atoms with E-state index in [4.69, 9.17) is 0 Å². The van der Waals surface area contributed by atoms with Gasteiger partial charge in [-0.05, 0) is 54.8 Å². The zero-order valence-electron chi connectivity index (χ0n) is 18.4. The highest BCUT2D eigenvalue weighted by Gasteiger charge is 2.25. The largest absolute Gasteiger partial charge is 0.345 e. The van der Waals surface area contributed by atoms with Gasteiger partial charge in [-0.1, -0.05) is 36.4 Å². The highest BCUT2D eigenvalue weighted by Crippen LogP contribution is 2.37. The first-order valence-corrected chi connectivity index (χ1v) is 13.1. The molecule has 1 amide bonds. The molecule has 34 heavy (non-hydrogen) atoms. The number of hydrogen-bond donors (Lipinski definition) is 2. The monoisotopic (exact) mass is 498 g/mol. The van der Waals surface area contributed by atoms with Crippen LogP contribution in [0.15, 0.2) is 76.5 Å². The number of benzene rings is 3. The number of carbonyl (C=O) groups is 2. The van der Waals surface area contributed by atoms with Gasteiger partial charge in [-0.3, -0.25) is 9.59 Å². The molecule has 6 nitrogen and oxygen atoms in total. The molecule has 1 aliphatic rings. The van der Waals surface area contributed by atoms with Crippen LogP contribution in [0.3, 0.4) is 0 Å². The van der Waals surface area contributed by atoms with Crippen LogP contribution in [0.1, 0.15) is 51.2 Å². The first-order chi connectivity index (χ1) is 16.2. The van der Waals surface area contributed by atoms with Gasteiger partial charge in [-0.2, -0.15) is 0 Å². The lowest BCUT2D eigenvalue weighted by molar-refractivity contribution is 0.0934. The Balaban J connectivity index is 1.38. The Kier molecular flexibility index (Phi) is 7.16. The first-order valence-electron chi connectivity index (χ1n) is 10.7. The van der Waals surface area contributed by atoms with E-state index in [-0.39, 0.29) is 35.0 Å². The summed E-state index contributed by atoms with van der Waals surface area (Å²) in [5.41, 5.74) is 2.34. The van der Waals surface area contributed by atoms with Crippen molar-refractivity contribution in [2.45, 2.75) is 35.7 Å². The van der Waals surface area contributed by atoms with Crippen LogP contribution < -0.4 is 10.0 Å². The van der Waals surface area contributed by atoms with Crippen LogP contribution in [-0.4, -0.2) is 25.9 Å². The van der Waals surface area contributed by atoms with Gasteiger partial charge in [0.25, 0.3) is 5.91 Å². The normalized spacial score (nSPS) is 15.4. The number of Topliss-reactive ketones (excluding diaryl/α,β-unsaturated/α-hetero) is 1. The average molecular weight is 499 g/mol. The summed E-state index contributed by atoms with van der Waals surface area (Å²) < 4.78 is 41.6. The van der Waals surface area contributed by atoms with E-state index in [0.717, 1.165) is 11.3 Å². The topological polar surface area (TPSA) is 92.3 Å². The Morgan fingerprint density at radius 1 is 1.00 bits per heavy atom. The lowest BCUT2D eigenvalue weighted by atomic mass is 10.0. The molecule has 0 aliphatic carbocycles. The third-order valence-corrected chi connectivity index (χ3v) is 8.16. The Bertz CT molecular complexity index is 1320. The summed E-state index contributed by atoms with van der Waals surface area (Å²) in [5, 5.41) is 2.97. The van der Waals surface area contributed by atoms with Crippen LogP contribution in [0.2, 0.25) is 0 Å². The molecular formula is C25H23FN2O4S2. The predicted molar refractivity (Wildman–Crippen MR) is 129 cm³/mol. The van der Waals surface area contributed by atoms with Crippen molar-refractivity contribution in [3.05, 3.63) is 94.8 Å². The van der Waals surface area contributed by atoms with Crippen LogP contribution in [-0.2, 0) is 16.6 Å². The third kappa shape index (κ3) is 5.38. The fourth-order valence-corrected chi connectivity index (χ4v) is 5.84. The van der Waals surface area contributed by atoms with Gasteiger partial charge in [0.1, 0.15) is 5.82 Å². The van der Waals surface area contributed by atoms with Crippen LogP contribution in [0.5, 0.6) is 0 Å². The number of fused-ring (bicyclic) bond motifs is 1. The Morgan fingerprint density at radius 2 is 1.68 bits per heavy atom. The van der Waals surface area contributed by atoms with Crippen molar-refractivity contribution < 1.29 is 22.4 Å². The zero-order valence-corrected chi connectivity index (χ0v) is 20.0. The van der Waals surface area contributed by atoms with E-state index >= 15 is 0 Å². The molecule has 3 aromatic carbocycles. The molecule has 0 fully saturated rings. The Hall–Kier alpha value is -3.01. The van der Waals surface area contributed by atoms with Crippen molar-refractivity contribution in [1.82, 2.24) is 10.0 Å². The van der Waals surface area contributed by atoms with Crippen molar-refractivity contribution in [1.29, 1.82) is 0 Å². The number of sulfonamides is 1. The smallest absolute Gasteiger partial charge is 0.251 e. The number of thioether (sulfide) groups is 1. The summed E-state index contributed by atoms with van der Waals surface area (Å²) >= 11 is 1.45. The van der Waals surface area contributed by atoms with Gasteiger partial charge in [-0.15, -0.1) is 11.8 Å². The van der Waals surface area contributed by atoms with Gasteiger partial charge in [0.15, 0.2) is 5.78 Å². The van der Waals surface area contributed by atoms with Crippen LogP contribution >= 0.6 is 11.8 Å². The molecule has 3 aromatic rings. The lowest BCUT2D eigenvalue weighted by Gasteiger charge is -2.26. The highest BCUT2D eigenvalue weighted by atomic mass is 32.2. The fourth-order valence-electron chi connectivity index (χ4n) is 3.68. The minimum atomic E-state index is -3.75. The number of ketones is 1. The van der Waals surface area contributed by atoms with Crippen LogP contribution in [0, 0.1) is 5.82 Å². The van der Waals surface area contributed by atoms with Gasteiger partial charge >= 0.3 is 0 Å². The molecule has 1 unspecified atom stereocenters. The van der Waals surface area contributed by atoms with E-state index in [1.54, 1.807) is 30.3 Å². The second-order valence-corrected chi connectivity index (χ2v) is 10.8. The molecule has 4 rings (SSSR count). The molecule has 2 N–H and O–H groups in total. The molecule has 0 saturated heterocycles.